The molecule has 0 spiro atoms. The van der Waals surface area contributed by atoms with Gasteiger partial charge in [-0.25, -0.2) is 4.79 Å². The van der Waals surface area contributed by atoms with Crippen LogP contribution in [0.3, 0.4) is 0 Å². The summed E-state index contributed by atoms with van der Waals surface area (Å²) in [4.78, 5) is 24.0. The van der Waals surface area contributed by atoms with Gasteiger partial charge in [0.1, 0.15) is 0 Å². The van der Waals surface area contributed by atoms with Crippen molar-refractivity contribution >= 4 is 28.9 Å². The minimum Gasteiger partial charge on any atom is -0.478 e. The van der Waals surface area contributed by atoms with E-state index in [-0.39, 0.29) is 11.3 Å². The van der Waals surface area contributed by atoms with Crippen molar-refractivity contribution in [1.82, 2.24) is 4.40 Å². The number of aryl methyl sites for hydroxylation is 1. The minimum atomic E-state index is -1.06. The molecular weight excluding hydrogens is 302 g/mol. The van der Waals surface area contributed by atoms with E-state index in [4.69, 9.17) is 11.6 Å². The summed E-state index contributed by atoms with van der Waals surface area (Å²) in [6.45, 7) is 1.87. The van der Waals surface area contributed by atoms with Crippen LogP contribution in [0.5, 0.6) is 0 Å². The van der Waals surface area contributed by atoms with Gasteiger partial charge in [-0.15, -0.1) is 0 Å². The van der Waals surface area contributed by atoms with E-state index in [0.29, 0.717) is 21.8 Å². The van der Waals surface area contributed by atoms with E-state index < -0.39 is 5.97 Å². The van der Waals surface area contributed by atoms with Gasteiger partial charge in [-0.05, 0) is 55.0 Å². The van der Waals surface area contributed by atoms with Crippen molar-refractivity contribution in [2.24, 2.45) is 0 Å². The number of ketones is 1. The number of fused-ring (bicyclic) bond motifs is 1. The monoisotopic (exact) mass is 313 g/mol. The van der Waals surface area contributed by atoms with Crippen LogP contribution in [0.4, 0.5) is 0 Å². The molecule has 0 unspecified atom stereocenters. The summed E-state index contributed by atoms with van der Waals surface area (Å²) < 4.78 is 1.60. The Kier molecular flexibility index (Phi) is 3.47. The first-order valence-corrected chi connectivity index (χ1v) is 7.00. The lowest BCUT2D eigenvalue weighted by Gasteiger charge is -2.03. The normalized spacial score (nSPS) is 10.8. The van der Waals surface area contributed by atoms with Gasteiger partial charge in [0.15, 0.2) is 0 Å². The van der Waals surface area contributed by atoms with Crippen molar-refractivity contribution in [2.75, 3.05) is 0 Å². The number of carboxylic acid groups (broad SMARTS) is 1. The van der Waals surface area contributed by atoms with Crippen molar-refractivity contribution in [3.8, 4) is 0 Å². The molecule has 110 valence electrons. The lowest BCUT2D eigenvalue weighted by molar-refractivity contribution is 0.0699. The van der Waals surface area contributed by atoms with E-state index in [1.54, 1.807) is 40.9 Å². The summed E-state index contributed by atoms with van der Waals surface area (Å²) in [6, 6.07) is 11.5. The Bertz CT molecular complexity index is 894. The van der Waals surface area contributed by atoms with Crippen molar-refractivity contribution in [1.29, 1.82) is 0 Å². The van der Waals surface area contributed by atoms with E-state index in [1.165, 1.54) is 6.07 Å². The molecule has 0 aliphatic rings. The van der Waals surface area contributed by atoms with Gasteiger partial charge < -0.3 is 9.51 Å². The van der Waals surface area contributed by atoms with Crippen LogP contribution in [0, 0.1) is 6.92 Å². The number of carboxylic acids is 1. The summed E-state index contributed by atoms with van der Waals surface area (Å²) >= 11 is 5.83. The molecule has 22 heavy (non-hydrogen) atoms. The SMILES string of the molecule is Cc1ccn2c(C(=O)c3ccc(Cl)cc3)cc(C(=O)O)c2c1. The molecule has 0 atom stereocenters. The molecule has 2 heterocycles. The number of carbonyl (C=O) groups is 2. The number of rotatable bonds is 3. The van der Waals surface area contributed by atoms with E-state index in [1.807, 2.05) is 13.0 Å². The number of pyridine rings is 1. The van der Waals surface area contributed by atoms with Gasteiger partial charge in [-0.3, -0.25) is 4.79 Å². The summed E-state index contributed by atoms with van der Waals surface area (Å²) in [5.41, 5.74) is 2.32. The summed E-state index contributed by atoms with van der Waals surface area (Å²) in [5, 5.41) is 9.87. The molecule has 4 nitrogen and oxygen atoms in total. The van der Waals surface area contributed by atoms with Gasteiger partial charge in [-0.2, -0.15) is 0 Å². The van der Waals surface area contributed by atoms with E-state index >= 15 is 0 Å². The predicted molar refractivity (Wildman–Crippen MR) is 84.0 cm³/mol. The maximum Gasteiger partial charge on any atom is 0.337 e. The molecule has 2 aromatic heterocycles. The van der Waals surface area contributed by atoms with Crippen LogP contribution >= 0.6 is 11.6 Å². The first-order chi connectivity index (χ1) is 10.5. The molecule has 3 aromatic rings. The number of aromatic carboxylic acids is 1. The Morgan fingerprint density at radius 2 is 1.77 bits per heavy atom. The molecule has 0 saturated carbocycles. The number of nitrogens with zero attached hydrogens (tertiary/aromatic N) is 1. The zero-order valence-electron chi connectivity index (χ0n) is 11.7. The molecule has 0 aliphatic heterocycles. The van der Waals surface area contributed by atoms with Gasteiger partial charge in [0.25, 0.3) is 0 Å². The fourth-order valence-corrected chi connectivity index (χ4v) is 2.52. The van der Waals surface area contributed by atoms with E-state index in [9.17, 15) is 14.7 Å². The third-order valence-electron chi connectivity index (χ3n) is 3.50. The Hall–Kier alpha value is -2.59. The van der Waals surface area contributed by atoms with Gasteiger partial charge in [0, 0.05) is 16.8 Å². The second kappa shape index (κ2) is 5.31. The van der Waals surface area contributed by atoms with E-state index in [0.717, 1.165) is 5.56 Å². The smallest absolute Gasteiger partial charge is 0.337 e. The molecule has 0 amide bonds. The summed E-state index contributed by atoms with van der Waals surface area (Å²) in [6.07, 6.45) is 1.71. The summed E-state index contributed by atoms with van der Waals surface area (Å²) in [7, 11) is 0. The van der Waals surface area contributed by atoms with E-state index in [2.05, 4.69) is 0 Å². The van der Waals surface area contributed by atoms with Crippen LogP contribution in [0.25, 0.3) is 5.52 Å². The number of halogens is 1. The highest BCUT2D eigenvalue weighted by molar-refractivity contribution is 6.30. The standard InChI is InChI=1S/C17H12ClNO3/c1-10-6-7-19-14(8-10)13(17(21)22)9-15(19)16(20)11-2-4-12(18)5-3-11/h2-9H,1H3,(H,21,22). The Labute approximate surface area is 131 Å². The first-order valence-electron chi connectivity index (χ1n) is 6.62. The van der Waals surface area contributed by atoms with Crippen LogP contribution in [0.2, 0.25) is 5.02 Å². The highest BCUT2D eigenvalue weighted by Crippen LogP contribution is 2.22. The molecule has 0 saturated heterocycles. The molecule has 1 N–H and O–H groups in total. The predicted octanol–water partition coefficient (Wildman–Crippen LogP) is 3.83. The van der Waals surface area contributed by atoms with Crippen LogP contribution in [-0.2, 0) is 0 Å². The van der Waals surface area contributed by atoms with Gasteiger partial charge >= 0.3 is 5.97 Å². The lowest BCUT2D eigenvalue weighted by atomic mass is 10.1. The molecule has 5 heteroatoms. The average Bonchev–Trinajstić information content (AvgIpc) is 2.86. The number of aromatic nitrogens is 1. The van der Waals surface area contributed by atoms with Gasteiger partial charge in [0.05, 0.1) is 16.8 Å². The minimum absolute atomic E-state index is 0.112. The first kappa shape index (κ1) is 14.4. The second-order valence-corrected chi connectivity index (χ2v) is 5.48. The summed E-state index contributed by atoms with van der Waals surface area (Å²) in [5.74, 6) is -1.30. The van der Waals surface area contributed by atoms with Crippen molar-refractivity contribution in [3.05, 3.63) is 76.1 Å². The number of hydrogen-bond acceptors (Lipinski definition) is 2. The molecule has 0 radical (unpaired) electrons. The Morgan fingerprint density at radius 3 is 2.41 bits per heavy atom. The quantitative estimate of drug-likeness (QED) is 0.748. The van der Waals surface area contributed by atoms with Crippen LogP contribution in [0.15, 0.2) is 48.7 Å². The average molecular weight is 314 g/mol. The van der Waals surface area contributed by atoms with Gasteiger partial charge in [0.2, 0.25) is 5.78 Å². The molecule has 3 rings (SSSR count). The van der Waals surface area contributed by atoms with Crippen molar-refractivity contribution in [3.63, 3.8) is 0 Å². The highest BCUT2D eigenvalue weighted by Gasteiger charge is 2.20. The Morgan fingerprint density at radius 1 is 1.09 bits per heavy atom. The number of benzene rings is 1. The molecule has 0 fully saturated rings. The maximum absolute atomic E-state index is 12.6. The van der Waals surface area contributed by atoms with Crippen LogP contribution < -0.4 is 0 Å². The zero-order chi connectivity index (χ0) is 15.9. The second-order valence-electron chi connectivity index (χ2n) is 5.04. The van der Waals surface area contributed by atoms with Gasteiger partial charge in [-0.1, -0.05) is 11.6 Å². The van der Waals surface area contributed by atoms with Crippen LogP contribution in [-0.4, -0.2) is 21.3 Å². The highest BCUT2D eigenvalue weighted by atomic mass is 35.5. The fourth-order valence-electron chi connectivity index (χ4n) is 2.40. The Balaban J connectivity index is 2.20. The fraction of sp³-hybridized carbons (Fsp3) is 0.0588. The molecular formula is C17H12ClNO3. The lowest BCUT2D eigenvalue weighted by Crippen LogP contribution is -2.04. The number of hydrogen-bond donors (Lipinski definition) is 1. The number of carbonyl (C=O) groups excluding carboxylic acids is 1. The zero-order valence-corrected chi connectivity index (χ0v) is 12.5. The third-order valence-corrected chi connectivity index (χ3v) is 3.75. The van der Waals surface area contributed by atoms with Crippen LogP contribution in [0.1, 0.15) is 32.0 Å². The largest absolute Gasteiger partial charge is 0.478 e. The topological polar surface area (TPSA) is 58.8 Å². The molecule has 1 aromatic carbocycles. The molecule has 0 aliphatic carbocycles. The maximum atomic E-state index is 12.6. The van der Waals surface area contributed by atoms with Crippen molar-refractivity contribution < 1.29 is 14.7 Å². The molecule has 0 bridgehead atoms. The van der Waals surface area contributed by atoms with Crippen molar-refractivity contribution in [2.45, 2.75) is 6.92 Å². The third kappa shape index (κ3) is 2.38.